The zero-order valence-corrected chi connectivity index (χ0v) is 19.5. The lowest BCUT2D eigenvalue weighted by molar-refractivity contribution is 0.0177. The number of hydrogen-bond acceptors (Lipinski definition) is 5. The van der Waals surface area contributed by atoms with Crippen LogP contribution >= 0.6 is 11.3 Å². The molecule has 0 saturated carbocycles. The number of carbonyl (C=O) groups excluding carboxylic acids is 1. The molecule has 2 N–H and O–H groups in total. The minimum Gasteiger partial charge on any atom is -0.379 e. The number of nitrogens with one attached hydrogen (secondary N) is 2. The van der Waals surface area contributed by atoms with Gasteiger partial charge >= 0.3 is 0 Å². The van der Waals surface area contributed by atoms with E-state index in [9.17, 15) is 4.79 Å². The number of nitrogens with zero attached hydrogens (tertiary/aromatic N) is 3. The third-order valence-electron chi connectivity index (χ3n) is 5.33. The number of aliphatic imine (C=N–C) groups is 1. The predicted octanol–water partition coefficient (Wildman–Crippen LogP) is 2.23. The van der Waals surface area contributed by atoms with Gasteiger partial charge in [0.15, 0.2) is 5.96 Å². The Hall–Kier alpha value is -2.42. The van der Waals surface area contributed by atoms with Gasteiger partial charge in [0, 0.05) is 57.8 Å². The van der Waals surface area contributed by atoms with Crippen LogP contribution in [0.15, 0.2) is 46.8 Å². The van der Waals surface area contributed by atoms with Crippen LogP contribution in [0.5, 0.6) is 0 Å². The van der Waals surface area contributed by atoms with E-state index >= 15 is 0 Å². The van der Waals surface area contributed by atoms with Gasteiger partial charge in [-0.2, -0.15) is 0 Å². The van der Waals surface area contributed by atoms with E-state index in [0.717, 1.165) is 57.3 Å². The molecule has 2 heterocycles. The minimum atomic E-state index is 0.0232. The van der Waals surface area contributed by atoms with Crippen molar-refractivity contribution in [1.29, 1.82) is 0 Å². The summed E-state index contributed by atoms with van der Waals surface area (Å²) in [6.45, 7) is 4.97. The first-order valence-electron chi connectivity index (χ1n) is 10.7. The van der Waals surface area contributed by atoms with Crippen LogP contribution < -0.4 is 10.6 Å². The van der Waals surface area contributed by atoms with Crippen molar-refractivity contribution in [2.24, 2.45) is 4.99 Å². The second kappa shape index (κ2) is 11.8. The maximum Gasteiger partial charge on any atom is 0.253 e. The zero-order valence-electron chi connectivity index (χ0n) is 18.6. The molecular formula is C23H33N5O2S. The smallest absolute Gasteiger partial charge is 0.253 e. The Morgan fingerprint density at radius 1 is 1.23 bits per heavy atom. The van der Waals surface area contributed by atoms with Gasteiger partial charge in [-0.25, -0.2) is 0 Å². The van der Waals surface area contributed by atoms with Gasteiger partial charge in [0.25, 0.3) is 5.91 Å². The summed E-state index contributed by atoms with van der Waals surface area (Å²) in [5.41, 5.74) is 1.84. The van der Waals surface area contributed by atoms with Crippen molar-refractivity contribution >= 4 is 23.2 Å². The molecule has 1 atom stereocenters. The second-order valence-corrected chi connectivity index (χ2v) is 8.69. The van der Waals surface area contributed by atoms with E-state index in [4.69, 9.17) is 4.74 Å². The molecule has 1 amide bonds. The minimum absolute atomic E-state index is 0.0232. The molecule has 1 saturated heterocycles. The monoisotopic (exact) mass is 443 g/mol. The average molecular weight is 444 g/mol. The van der Waals surface area contributed by atoms with Gasteiger partial charge in [-0.15, -0.1) is 11.3 Å². The fourth-order valence-electron chi connectivity index (χ4n) is 3.64. The van der Waals surface area contributed by atoms with Gasteiger partial charge in [-0.05, 0) is 35.6 Å². The molecule has 1 unspecified atom stereocenters. The Labute approximate surface area is 189 Å². The van der Waals surface area contributed by atoms with E-state index in [2.05, 4.69) is 44.1 Å². The lowest BCUT2D eigenvalue weighted by atomic mass is 10.1. The molecular weight excluding hydrogens is 410 g/mol. The standard InChI is InChI=1S/C23H33N5O2S/c1-24-23(25-10-9-18-6-4-7-19(16-18)22(29)27(2)3)26-17-20(21-8-5-15-31-21)28-11-13-30-14-12-28/h4-8,15-16,20H,9-14,17H2,1-3H3,(H2,24,25,26). The van der Waals surface area contributed by atoms with Crippen molar-refractivity contribution in [2.75, 3.05) is 60.5 Å². The maximum atomic E-state index is 12.2. The molecule has 2 aromatic rings. The van der Waals surface area contributed by atoms with Gasteiger partial charge in [-0.1, -0.05) is 18.2 Å². The summed E-state index contributed by atoms with van der Waals surface area (Å²) in [7, 11) is 5.33. The Morgan fingerprint density at radius 2 is 2.03 bits per heavy atom. The number of guanidine groups is 1. The van der Waals surface area contributed by atoms with Crippen molar-refractivity contribution in [3.8, 4) is 0 Å². The van der Waals surface area contributed by atoms with Crippen LogP contribution in [0.1, 0.15) is 26.8 Å². The highest BCUT2D eigenvalue weighted by atomic mass is 32.1. The van der Waals surface area contributed by atoms with E-state index < -0.39 is 0 Å². The number of morpholine rings is 1. The molecule has 0 bridgehead atoms. The first-order chi connectivity index (χ1) is 15.1. The quantitative estimate of drug-likeness (QED) is 0.484. The molecule has 1 aliphatic heterocycles. The van der Waals surface area contributed by atoms with Crippen LogP contribution in [0.3, 0.4) is 0 Å². The fourth-order valence-corrected chi connectivity index (χ4v) is 4.50. The largest absolute Gasteiger partial charge is 0.379 e. The molecule has 8 heteroatoms. The van der Waals surface area contributed by atoms with Crippen LogP contribution in [0.4, 0.5) is 0 Å². The number of carbonyl (C=O) groups is 1. The molecule has 1 aromatic heterocycles. The Balaban J connectivity index is 1.52. The first kappa shape index (κ1) is 23.2. The number of benzene rings is 1. The van der Waals surface area contributed by atoms with Crippen molar-refractivity contribution < 1.29 is 9.53 Å². The van der Waals surface area contributed by atoms with Crippen molar-refractivity contribution in [1.82, 2.24) is 20.4 Å². The first-order valence-corrected chi connectivity index (χ1v) is 11.6. The third-order valence-corrected chi connectivity index (χ3v) is 6.30. The summed E-state index contributed by atoms with van der Waals surface area (Å²) >= 11 is 1.79. The normalized spacial score (nSPS) is 16.0. The van der Waals surface area contributed by atoms with Crippen molar-refractivity contribution in [2.45, 2.75) is 12.5 Å². The second-order valence-electron chi connectivity index (χ2n) is 7.71. The molecule has 1 aliphatic rings. The fraction of sp³-hybridized carbons (Fsp3) is 0.478. The van der Waals surface area contributed by atoms with Crippen LogP contribution in [-0.4, -0.2) is 82.2 Å². The molecule has 3 rings (SSSR count). The lowest BCUT2D eigenvalue weighted by Crippen LogP contribution is -2.46. The van der Waals surface area contributed by atoms with Crippen LogP contribution in [0.25, 0.3) is 0 Å². The highest BCUT2D eigenvalue weighted by Crippen LogP contribution is 2.25. The molecule has 7 nitrogen and oxygen atoms in total. The van der Waals surface area contributed by atoms with Gasteiger partial charge in [-0.3, -0.25) is 14.7 Å². The molecule has 0 spiro atoms. The van der Waals surface area contributed by atoms with Crippen LogP contribution in [-0.2, 0) is 11.2 Å². The third kappa shape index (κ3) is 6.78. The van der Waals surface area contributed by atoms with E-state index in [1.165, 1.54) is 4.88 Å². The summed E-state index contributed by atoms with van der Waals surface area (Å²) in [4.78, 5) is 22.0. The number of ether oxygens (including phenoxy) is 1. The van der Waals surface area contributed by atoms with E-state index in [-0.39, 0.29) is 5.91 Å². The van der Waals surface area contributed by atoms with Crippen LogP contribution in [0.2, 0.25) is 0 Å². The molecule has 1 aromatic carbocycles. The van der Waals surface area contributed by atoms with Gasteiger partial charge in [0.1, 0.15) is 0 Å². The van der Waals surface area contributed by atoms with Crippen molar-refractivity contribution in [3.63, 3.8) is 0 Å². The van der Waals surface area contributed by atoms with Crippen molar-refractivity contribution in [3.05, 3.63) is 57.8 Å². The zero-order chi connectivity index (χ0) is 22.1. The van der Waals surface area contributed by atoms with E-state index in [0.29, 0.717) is 11.6 Å². The van der Waals surface area contributed by atoms with E-state index in [1.807, 2.05) is 18.2 Å². The average Bonchev–Trinajstić information content (AvgIpc) is 3.33. The van der Waals surface area contributed by atoms with Gasteiger partial charge < -0.3 is 20.3 Å². The highest BCUT2D eigenvalue weighted by molar-refractivity contribution is 7.10. The highest BCUT2D eigenvalue weighted by Gasteiger charge is 2.23. The Bertz CT molecular complexity index is 847. The molecule has 168 valence electrons. The number of amides is 1. The molecule has 31 heavy (non-hydrogen) atoms. The number of rotatable bonds is 8. The topological polar surface area (TPSA) is 69.2 Å². The van der Waals surface area contributed by atoms with Gasteiger partial charge in [0.2, 0.25) is 0 Å². The molecule has 0 radical (unpaired) electrons. The summed E-state index contributed by atoms with van der Waals surface area (Å²) in [6.07, 6.45) is 0.813. The maximum absolute atomic E-state index is 12.2. The predicted molar refractivity (Wildman–Crippen MR) is 127 cm³/mol. The summed E-state index contributed by atoms with van der Waals surface area (Å²) in [5, 5.41) is 9.01. The van der Waals surface area contributed by atoms with E-state index in [1.54, 1.807) is 37.4 Å². The molecule has 1 fully saturated rings. The lowest BCUT2D eigenvalue weighted by Gasteiger charge is -2.34. The summed E-state index contributed by atoms with van der Waals surface area (Å²) < 4.78 is 5.53. The van der Waals surface area contributed by atoms with Crippen LogP contribution in [0, 0.1) is 0 Å². The Kier molecular flexibility index (Phi) is 8.87. The Morgan fingerprint density at radius 3 is 2.71 bits per heavy atom. The summed E-state index contributed by atoms with van der Waals surface area (Å²) in [5.74, 6) is 0.811. The molecule has 0 aliphatic carbocycles. The van der Waals surface area contributed by atoms with Gasteiger partial charge in [0.05, 0.1) is 19.3 Å². The number of thiophene rings is 1. The summed E-state index contributed by atoms with van der Waals surface area (Å²) in [6, 6.07) is 12.4. The SMILES string of the molecule is CN=C(NCCc1cccc(C(=O)N(C)C)c1)NCC(c1cccs1)N1CCOCC1. The number of hydrogen-bond donors (Lipinski definition) is 2.